The van der Waals surface area contributed by atoms with Crippen molar-refractivity contribution in [1.82, 2.24) is 0 Å². The van der Waals surface area contributed by atoms with E-state index in [1.54, 1.807) is 0 Å². The lowest BCUT2D eigenvalue weighted by Gasteiger charge is -2.12. The first kappa shape index (κ1) is 35.9. The molecule has 0 unspecified atom stereocenters. The van der Waals surface area contributed by atoms with Crippen LogP contribution in [-0.4, -0.2) is 36.4 Å². The minimum Gasteiger partial charge on any atom is -0.463 e. The molecule has 0 aromatic rings. The van der Waals surface area contributed by atoms with Crippen LogP contribution in [0.1, 0.15) is 168 Å². The van der Waals surface area contributed by atoms with Crippen molar-refractivity contribution in [2.24, 2.45) is 5.92 Å². The molecule has 0 amide bonds. The molecule has 1 N–H and O–H groups in total. The van der Waals surface area contributed by atoms with Gasteiger partial charge < -0.3 is 14.6 Å². The fourth-order valence-corrected chi connectivity index (χ4v) is 4.56. The van der Waals surface area contributed by atoms with Crippen LogP contribution in [0.15, 0.2) is 0 Å². The molecule has 0 aliphatic carbocycles. The van der Waals surface area contributed by atoms with E-state index in [9.17, 15) is 14.7 Å². The van der Waals surface area contributed by atoms with Crippen LogP contribution in [0.25, 0.3) is 0 Å². The van der Waals surface area contributed by atoms with Crippen molar-refractivity contribution in [2.75, 3.05) is 13.2 Å². The number of rotatable bonds is 28. The van der Waals surface area contributed by atoms with Gasteiger partial charge in [-0.1, -0.05) is 143 Å². The fraction of sp³-hybridized carbons (Fsp3) is 0.938. The second-order valence-corrected chi connectivity index (χ2v) is 11.4. The molecule has 220 valence electrons. The Bertz CT molecular complexity index is 505. The predicted molar refractivity (Wildman–Crippen MR) is 155 cm³/mol. The molecule has 0 bridgehead atoms. The van der Waals surface area contributed by atoms with Crippen molar-refractivity contribution in [3.05, 3.63) is 0 Å². The molecule has 0 aromatic heterocycles. The highest BCUT2D eigenvalue weighted by atomic mass is 16.6. The lowest BCUT2D eigenvalue weighted by molar-refractivity contribution is -0.152. The lowest BCUT2D eigenvalue weighted by Crippen LogP contribution is -2.25. The van der Waals surface area contributed by atoms with Gasteiger partial charge in [0.05, 0.1) is 0 Å². The largest absolute Gasteiger partial charge is 0.463 e. The van der Waals surface area contributed by atoms with Crippen LogP contribution in [-0.2, 0) is 19.1 Å². The summed E-state index contributed by atoms with van der Waals surface area (Å²) in [5.41, 5.74) is 0. The number of carbonyl (C=O) groups is 2. The maximum atomic E-state index is 11.9. The highest BCUT2D eigenvalue weighted by Crippen LogP contribution is 2.14. The second kappa shape index (κ2) is 27.9. The summed E-state index contributed by atoms with van der Waals surface area (Å²) >= 11 is 0. The minimum atomic E-state index is -0.953. The van der Waals surface area contributed by atoms with Crippen LogP contribution in [0.4, 0.5) is 0 Å². The standard InChI is InChI=1S/C32H62O5/c1-4-5-6-7-8-9-10-11-12-13-16-19-22-25-31(34)36-27-30(33)28-37-32(35)26-23-20-17-14-15-18-21-24-29(2)3/h29-30,33H,4-28H2,1-3H3/t30-/m1/s1. The van der Waals surface area contributed by atoms with Gasteiger partial charge in [0.25, 0.3) is 0 Å². The number of aliphatic hydroxyl groups is 1. The van der Waals surface area contributed by atoms with E-state index in [1.165, 1.54) is 103 Å². The zero-order chi connectivity index (χ0) is 27.4. The van der Waals surface area contributed by atoms with Gasteiger partial charge >= 0.3 is 11.9 Å². The molecule has 37 heavy (non-hydrogen) atoms. The Morgan fingerprint density at radius 1 is 0.541 bits per heavy atom. The van der Waals surface area contributed by atoms with Gasteiger partial charge in [-0.2, -0.15) is 0 Å². The summed E-state index contributed by atoms with van der Waals surface area (Å²) < 4.78 is 10.2. The molecule has 0 aliphatic heterocycles. The monoisotopic (exact) mass is 526 g/mol. The third-order valence-electron chi connectivity index (χ3n) is 7.02. The second-order valence-electron chi connectivity index (χ2n) is 11.4. The summed E-state index contributed by atoms with van der Waals surface area (Å²) in [5, 5.41) is 9.92. The van der Waals surface area contributed by atoms with Gasteiger partial charge in [0.15, 0.2) is 0 Å². The van der Waals surface area contributed by atoms with Crippen molar-refractivity contribution in [3.63, 3.8) is 0 Å². The molecular formula is C32H62O5. The fourth-order valence-electron chi connectivity index (χ4n) is 4.56. The van der Waals surface area contributed by atoms with E-state index in [4.69, 9.17) is 9.47 Å². The van der Waals surface area contributed by atoms with E-state index < -0.39 is 6.10 Å². The number of aliphatic hydroxyl groups excluding tert-OH is 1. The lowest BCUT2D eigenvalue weighted by atomic mass is 10.0. The first-order valence-corrected chi connectivity index (χ1v) is 15.9. The predicted octanol–water partition coefficient (Wildman–Crippen LogP) is 9.08. The van der Waals surface area contributed by atoms with E-state index in [2.05, 4.69) is 20.8 Å². The summed E-state index contributed by atoms with van der Waals surface area (Å²) in [5.74, 6) is 0.234. The Morgan fingerprint density at radius 3 is 1.22 bits per heavy atom. The van der Waals surface area contributed by atoms with Crippen LogP contribution in [0, 0.1) is 5.92 Å². The summed E-state index contributed by atoms with van der Waals surface area (Å²) in [6.45, 7) is 6.58. The number of hydrogen-bond donors (Lipinski definition) is 1. The topological polar surface area (TPSA) is 72.8 Å². The summed E-state index contributed by atoms with van der Waals surface area (Å²) in [6, 6.07) is 0. The smallest absolute Gasteiger partial charge is 0.305 e. The molecular weight excluding hydrogens is 464 g/mol. The first-order valence-electron chi connectivity index (χ1n) is 15.9. The molecule has 0 saturated heterocycles. The molecule has 0 spiro atoms. The van der Waals surface area contributed by atoms with Crippen LogP contribution in [0.5, 0.6) is 0 Å². The molecule has 0 fully saturated rings. The van der Waals surface area contributed by atoms with Crippen molar-refractivity contribution >= 4 is 11.9 Å². The third-order valence-corrected chi connectivity index (χ3v) is 7.02. The average Bonchev–Trinajstić information content (AvgIpc) is 2.87. The first-order chi connectivity index (χ1) is 18.0. The number of unbranched alkanes of at least 4 members (excludes halogenated alkanes) is 18. The highest BCUT2D eigenvalue weighted by Gasteiger charge is 2.12. The summed E-state index contributed by atoms with van der Waals surface area (Å²) in [7, 11) is 0. The van der Waals surface area contributed by atoms with Crippen LogP contribution < -0.4 is 0 Å². The van der Waals surface area contributed by atoms with E-state index in [1.807, 2.05) is 0 Å². The zero-order valence-corrected chi connectivity index (χ0v) is 24.9. The molecule has 1 atom stereocenters. The van der Waals surface area contributed by atoms with Crippen LogP contribution in [0.2, 0.25) is 0 Å². The van der Waals surface area contributed by atoms with Gasteiger partial charge in [-0.25, -0.2) is 0 Å². The maximum Gasteiger partial charge on any atom is 0.305 e. The van der Waals surface area contributed by atoms with E-state index in [0.29, 0.717) is 12.8 Å². The molecule has 0 heterocycles. The Kier molecular flexibility index (Phi) is 27.1. The van der Waals surface area contributed by atoms with Gasteiger partial charge in [-0.15, -0.1) is 0 Å². The van der Waals surface area contributed by atoms with Gasteiger partial charge in [-0.3, -0.25) is 9.59 Å². The summed E-state index contributed by atoms with van der Waals surface area (Å²) in [6.07, 6.45) is 25.8. The van der Waals surface area contributed by atoms with Gasteiger partial charge in [-0.05, 0) is 18.8 Å². The van der Waals surface area contributed by atoms with Crippen molar-refractivity contribution < 1.29 is 24.2 Å². The SMILES string of the molecule is CCCCCCCCCCCCCCCC(=O)OC[C@@H](O)COC(=O)CCCCCCCCCC(C)C. The zero-order valence-electron chi connectivity index (χ0n) is 24.9. The van der Waals surface area contributed by atoms with Gasteiger partial charge in [0, 0.05) is 12.8 Å². The van der Waals surface area contributed by atoms with Crippen molar-refractivity contribution in [1.29, 1.82) is 0 Å². The van der Waals surface area contributed by atoms with Crippen molar-refractivity contribution in [3.8, 4) is 0 Å². The average molecular weight is 527 g/mol. The van der Waals surface area contributed by atoms with Crippen molar-refractivity contribution in [2.45, 2.75) is 175 Å². The molecule has 5 nitrogen and oxygen atoms in total. The number of ether oxygens (including phenoxy) is 2. The maximum absolute atomic E-state index is 11.9. The molecule has 0 aromatic carbocycles. The Hall–Kier alpha value is -1.10. The normalized spacial score (nSPS) is 12.1. The Balaban J connectivity index is 3.42. The number of esters is 2. The van der Waals surface area contributed by atoms with E-state index in [-0.39, 0.29) is 25.2 Å². The Labute approximate surface area is 229 Å². The van der Waals surface area contributed by atoms with E-state index >= 15 is 0 Å². The molecule has 0 aliphatic rings. The highest BCUT2D eigenvalue weighted by molar-refractivity contribution is 5.69. The van der Waals surface area contributed by atoms with Crippen LogP contribution >= 0.6 is 0 Å². The molecule has 5 heteroatoms. The third kappa shape index (κ3) is 29.3. The quantitative estimate of drug-likeness (QED) is 0.0813. The molecule has 0 radical (unpaired) electrons. The number of hydrogen-bond acceptors (Lipinski definition) is 5. The minimum absolute atomic E-state index is 0.110. The van der Waals surface area contributed by atoms with E-state index in [0.717, 1.165) is 38.0 Å². The molecule has 0 rings (SSSR count). The van der Waals surface area contributed by atoms with Gasteiger partial charge in [0.1, 0.15) is 19.3 Å². The van der Waals surface area contributed by atoms with Gasteiger partial charge in [0.2, 0.25) is 0 Å². The Morgan fingerprint density at radius 2 is 0.865 bits per heavy atom. The molecule has 0 saturated carbocycles. The summed E-state index contributed by atoms with van der Waals surface area (Å²) in [4.78, 5) is 23.7. The van der Waals surface area contributed by atoms with Crippen LogP contribution in [0.3, 0.4) is 0 Å². The number of carbonyl (C=O) groups excluding carboxylic acids is 2.